The first-order valence-corrected chi connectivity index (χ1v) is 11.4. The number of fused-ring (bicyclic) bond motifs is 1. The third-order valence-corrected chi connectivity index (χ3v) is 6.27. The number of benzene rings is 2. The van der Waals surface area contributed by atoms with Gasteiger partial charge in [-0.1, -0.05) is 17.3 Å². The van der Waals surface area contributed by atoms with Crippen LogP contribution in [0.2, 0.25) is 0 Å². The molecule has 0 radical (unpaired) electrons. The molecule has 0 aliphatic carbocycles. The van der Waals surface area contributed by atoms with Crippen LogP contribution in [-0.4, -0.2) is 50.4 Å². The van der Waals surface area contributed by atoms with Gasteiger partial charge in [0.2, 0.25) is 11.5 Å². The minimum atomic E-state index is -1.14. The van der Waals surface area contributed by atoms with Crippen LogP contribution in [0, 0.1) is 6.92 Å². The molecule has 2 aromatic heterocycles. The van der Waals surface area contributed by atoms with Gasteiger partial charge in [0.25, 0.3) is 5.91 Å². The van der Waals surface area contributed by atoms with Crippen molar-refractivity contribution < 1.29 is 42.6 Å². The van der Waals surface area contributed by atoms with Crippen LogP contribution in [-0.2, 0) is 4.79 Å². The summed E-state index contributed by atoms with van der Waals surface area (Å²) in [5.41, 5.74) is 0.522. The number of aliphatic hydroxyl groups is 1. The van der Waals surface area contributed by atoms with E-state index in [0.29, 0.717) is 33.8 Å². The van der Waals surface area contributed by atoms with Gasteiger partial charge in [-0.3, -0.25) is 14.5 Å². The van der Waals surface area contributed by atoms with E-state index in [-0.39, 0.29) is 28.7 Å². The molecule has 11 nitrogen and oxygen atoms in total. The van der Waals surface area contributed by atoms with Gasteiger partial charge < -0.3 is 33.0 Å². The summed E-state index contributed by atoms with van der Waals surface area (Å²) in [5, 5.41) is 15.6. The summed E-state index contributed by atoms with van der Waals surface area (Å²) >= 11 is 0. The molecule has 38 heavy (non-hydrogen) atoms. The molecule has 0 saturated carbocycles. The Morgan fingerprint density at radius 2 is 1.66 bits per heavy atom. The second kappa shape index (κ2) is 9.51. The first-order chi connectivity index (χ1) is 18.3. The van der Waals surface area contributed by atoms with Crippen LogP contribution in [0.1, 0.15) is 27.9 Å². The summed E-state index contributed by atoms with van der Waals surface area (Å²) in [6.45, 7) is 1.66. The lowest BCUT2D eigenvalue weighted by atomic mass is 9.94. The van der Waals surface area contributed by atoms with Gasteiger partial charge in [-0.15, -0.1) is 0 Å². The second-order valence-electron chi connectivity index (χ2n) is 8.41. The van der Waals surface area contributed by atoms with E-state index >= 15 is 0 Å². The molecule has 2 aromatic carbocycles. The fraction of sp³-hybridized carbons (Fsp3) is 0.222. The molecule has 1 N–H and O–H groups in total. The van der Waals surface area contributed by atoms with Crippen molar-refractivity contribution in [2.24, 2.45) is 0 Å². The Bertz CT molecular complexity index is 1570. The summed E-state index contributed by atoms with van der Waals surface area (Å²) in [5.74, 6) is -0.511. The Hall–Kier alpha value is -4.93. The topological polar surface area (TPSA) is 134 Å². The number of methoxy groups -OCH3 is 4. The summed E-state index contributed by atoms with van der Waals surface area (Å²) in [6, 6.07) is 10.3. The Morgan fingerprint density at radius 3 is 2.24 bits per heavy atom. The van der Waals surface area contributed by atoms with E-state index in [4.69, 9.17) is 27.9 Å². The number of carbonyl (C=O) groups is 2. The highest BCUT2D eigenvalue weighted by Gasteiger charge is 2.47. The standard InChI is InChI=1S/C27H24N2O9/c1-13-9-20(28-38-13)29-22(15-11-18(34-3)26(36-5)19(12-15)35-4)21(24(31)27(29)32)23(30)17-10-14-7-6-8-16(33-2)25(14)37-17/h6-12,22,31H,1-5H3. The first-order valence-electron chi connectivity index (χ1n) is 11.4. The third kappa shape index (κ3) is 3.79. The van der Waals surface area contributed by atoms with Gasteiger partial charge in [-0.05, 0) is 36.8 Å². The number of aliphatic hydroxyl groups excluding tert-OH is 1. The minimum absolute atomic E-state index is 0.0884. The number of aromatic nitrogens is 1. The van der Waals surface area contributed by atoms with Gasteiger partial charge in [-0.25, -0.2) is 0 Å². The molecule has 196 valence electrons. The van der Waals surface area contributed by atoms with E-state index in [1.807, 2.05) is 0 Å². The van der Waals surface area contributed by atoms with E-state index in [1.54, 1.807) is 37.3 Å². The molecule has 1 atom stereocenters. The lowest BCUT2D eigenvalue weighted by Crippen LogP contribution is -2.31. The van der Waals surface area contributed by atoms with Crippen molar-refractivity contribution in [3.63, 3.8) is 0 Å². The van der Waals surface area contributed by atoms with E-state index in [2.05, 4.69) is 5.16 Å². The second-order valence-corrected chi connectivity index (χ2v) is 8.41. The molecule has 0 spiro atoms. The molecule has 1 aliphatic heterocycles. The van der Waals surface area contributed by atoms with Gasteiger partial charge in [0.15, 0.2) is 40.2 Å². The highest BCUT2D eigenvalue weighted by molar-refractivity contribution is 6.20. The minimum Gasteiger partial charge on any atom is -0.503 e. The van der Waals surface area contributed by atoms with E-state index < -0.39 is 23.5 Å². The van der Waals surface area contributed by atoms with Crippen molar-refractivity contribution in [2.75, 3.05) is 33.3 Å². The van der Waals surface area contributed by atoms with Gasteiger partial charge in [0.1, 0.15) is 5.76 Å². The molecule has 11 heteroatoms. The van der Waals surface area contributed by atoms with Crippen molar-refractivity contribution in [3.8, 4) is 23.0 Å². The number of hydrogen-bond donors (Lipinski definition) is 1. The molecule has 1 aliphatic rings. The number of amides is 1. The number of ether oxygens (including phenoxy) is 4. The molecule has 0 fully saturated rings. The van der Waals surface area contributed by atoms with E-state index in [0.717, 1.165) is 0 Å². The Morgan fingerprint density at radius 1 is 0.974 bits per heavy atom. The third-order valence-electron chi connectivity index (χ3n) is 6.27. The Kier molecular flexibility index (Phi) is 6.19. The highest BCUT2D eigenvalue weighted by atomic mass is 16.5. The number of ketones is 1. The van der Waals surface area contributed by atoms with Crippen LogP contribution in [0.25, 0.3) is 11.0 Å². The number of anilines is 1. The summed E-state index contributed by atoms with van der Waals surface area (Å²) in [6.07, 6.45) is 0. The van der Waals surface area contributed by atoms with Crippen LogP contribution in [0.4, 0.5) is 5.82 Å². The maximum atomic E-state index is 13.9. The normalized spacial score (nSPS) is 15.3. The maximum Gasteiger partial charge on any atom is 0.295 e. The number of furan rings is 1. The monoisotopic (exact) mass is 520 g/mol. The van der Waals surface area contributed by atoms with Crippen molar-refractivity contribution in [1.29, 1.82) is 0 Å². The molecule has 3 heterocycles. The lowest BCUT2D eigenvalue weighted by Gasteiger charge is -2.25. The summed E-state index contributed by atoms with van der Waals surface area (Å²) in [4.78, 5) is 28.5. The molecule has 1 unspecified atom stereocenters. The molecule has 1 amide bonds. The van der Waals surface area contributed by atoms with Crippen LogP contribution >= 0.6 is 0 Å². The van der Waals surface area contributed by atoms with Gasteiger partial charge in [0.05, 0.1) is 40.1 Å². The zero-order valence-electron chi connectivity index (χ0n) is 21.2. The van der Waals surface area contributed by atoms with Crippen LogP contribution in [0.3, 0.4) is 0 Å². The fourth-order valence-electron chi connectivity index (χ4n) is 4.56. The summed E-state index contributed by atoms with van der Waals surface area (Å²) < 4.78 is 32.8. The number of aryl methyl sites for hydroxylation is 1. The van der Waals surface area contributed by atoms with Crippen molar-refractivity contribution in [3.05, 3.63) is 70.9 Å². The quantitative estimate of drug-likeness (QED) is 0.330. The molecule has 4 aromatic rings. The van der Waals surface area contributed by atoms with Crippen molar-refractivity contribution in [1.82, 2.24) is 5.16 Å². The zero-order valence-corrected chi connectivity index (χ0v) is 21.2. The highest BCUT2D eigenvalue weighted by Crippen LogP contribution is 2.47. The number of carbonyl (C=O) groups excluding carboxylic acids is 2. The number of para-hydroxylation sites is 1. The molecular formula is C27H24N2O9. The smallest absolute Gasteiger partial charge is 0.295 e. The molecule has 0 bridgehead atoms. The first kappa shape index (κ1) is 24.8. The van der Waals surface area contributed by atoms with Crippen LogP contribution in [0.15, 0.2) is 62.7 Å². The van der Waals surface area contributed by atoms with Crippen molar-refractivity contribution in [2.45, 2.75) is 13.0 Å². The number of Topliss-reactive ketones (excluding diaryl/α,β-unsaturated/α-hetero) is 1. The number of rotatable bonds is 8. The molecular weight excluding hydrogens is 496 g/mol. The van der Waals surface area contributed by atoms with Gasteiger partial charge in [0, 0.05) is 11.5 Å². The van der Waals surface area contributed by atoms with Crippen LogP contribution in [0.5, 0.6) is 23.0 Å². The molecule has 5 rings (SSSR count). The maximum absolute atomic E-state index is 13.9. The predicted octanol–water partition coefficient (Wildman–Crippen LogP) is 4.55. The van der Waals surface area contributed by atoms with E-state index in [1.165, 1.54) is 45.5 Å². The average molecular weight is 520 g/mol. The van der Waals surface area contributed by atoms with Crippen molar-refractivity contribution >= 4 is 28.5 Å². The Balaban J connectivity index is 1.71. The van der Waals surface area contributed by atoms with E-state index in [9.17, 15) is 14.7 Å². The Labute approximate surface area is 216 Å². The largest absolute Gasteiger partial charge is 0.503 e. The average Bonchev–Trinajstić information content (AvgIpc) is 3.63. The van der Waals surface area contributed by atoms with Gasteiger partial charge in [-0.2, -0.15) is 0 Å². The zero-order chi connectivity index (χ0) is 27.1. The fourth-order valence-corrected chi connectivity index (χ4v) is 4.56. The van der Waals surface area contributed by atoms with Crippen LogP contribution < -0.4 is 23.8 Å². The predicted molar refractivity (Wildman–Crippen MR) is 134 cm³/mol. The number of hydrogen-bond acceptors (Lipinski definition) is 10. The lowest BCUT2D eigenvalue weighted by molar-refractivity contribution is -0.117. The SMILES string of the molecule is COc1cc(C2C(C(=O)c3cc4cccc(OC)c4o3)=C(O)C(=O)N2c2cc(C)on2)cc(OC)c1OC. The molecule has 0 saturated heterocycles. The summed E-state index contributed by atoms with van der Waals surface area (Å²) in [7, 11) is 5.84. The number of nitrogens with zero attached hydrogens (tertiary/aromatic N) is 2. The van der Waals surface area contributed by atoms with Gasteiger partial charge >= 0.3 is 0 Å².